The van der Waals surface area contributed by atoms with Gasteiger partial charge in [-0.3, -0.25) is 10.1 Å². The third-order valence-corrected chi connectivity index (χ3v) is 2.80. The molecule has 6 nitrogen and oxygen atoms in total. The zero-order valence-corrected chi connectivity index (χ0v) is 9.72. The van der Waals surface area contributed by atoms with Crippen molar-refractivity contribution in [1.29, 1.82) is 0 Å². The SMILES string of the molecule is Cc1nc(Sc2ncccn2)ccc1[N+](=O)[O-]. The Morgan fingerprint density at radius 1 is 1.29 bits per heavy atom. The summed E-state index contributed by atoms with van der Waals surface area (Å²) in [4.78, 5) is 22.4. The predicted octanol–water partition coefficient (Wildman–Crippen LogP) is 2.24. The predicted molar refractivity (Wildman–Crippen MR) is 61.8 cm³/mol. The highest BCUT2D eigenvalue weighted by molar-refractivity contribution is 7.99. The maximum atomic E-state index is 10.6. The van der Waals surface area contributed by atoms with Gasteiger partial charge in [0.15, 0.2) is 5.16 Å². The summed E-state index contributed by atoms with van der Waals surface area (Å²) in [5.41, 5.74) is 0.402. The summed E-state index contributed by atoms with van der Waals surface area (Å²) in [5.74, 6) is 0. The second kappa shape index (κ2) is 4.88. The molecule has 0 spiro atoms. The van der Waals surface area contributed by atoms with E-state index in [1.165, 1.54) is 17.8 Å². The van der Waals surface area contributed by atoms with Crippen LogP contribution in [-0.2, 0) is 0 Å². The van der Waals surface area contributed by atoms with Crippen LogP contribution in [0.2, 0.25) is 0 Å². The number of hydrogen-bond donors (Lipinski definition) is 0. The van der Waals surface area contributed by atoms with Crippen LogP contribution in [0, 0.1) is 17.0 Å². The first-order valence-corrected chi connectivity index (χ1v) is 5.55. The smallest absolute Gasteiger partial charge is 0.258 e. The molecule has 0 unspecified atom stereocenters. The van der Waals surface area contributed by atoms with Gasteiger partial charge in [-0.05, 0) is 30.8 Å². The first-order valence-electron chi connectivity index (χ1n) is 4.74. The summed E-state index contributed by atoms with van der Waals surface area (Å²) in [6, 6.07) is 4.75. The summed E-state index contributed by atoms with van der Waals surface area (Å²) in [5, 5.41) is 11.8. The fraction of sp³-hybridized carbons (Fsp3) is 0.100. The molecular formula is C10H8N4O2S. The van der Waals surface area contributed by atoms with Crippen molar-refractivity contribution in [1.82, 2.24) is 15.0 Å². The third-order valence-electron chi connectivity index (χ3n) is 1.97. The van der Waals surface area contributed by atoms with Crippen molar-refractivity contribution in [2.75, 3.05) is 0 Å². The minimum Gasteiger partial charge on any atom is -0.258 e. The average molecular weight is 248 g/mol. The van der Waals surface area contributed by atoms with E-state index in [4.69, 9.17) is 0 Å². The van der Waals surface area contributed by atoms with Crippen molar-refractivity contribution in [2.45, 2.75) is 17.1 Å². The van der Waals surface area contributed by atoms with Gasteiger partial charge in [-0.25, -0.2) is 15.0 Å². The summed E-state index contributed by atoms with van der Waals surface area (Å²) < 4.78 is 0. The number of rotatable bonds is 3. The van der Waals surface area contributed by atoms with Crippen LogP contribution in [0.3, 0.4) is 0 Å². The second-order valence-electron chi connectivity index (χ2n) is 3.14. The monoisotopic (exact) mass is 248 g/mol. The molecule has 0 aliphatic heterocycles. The number of hydrogen-bond acceptors (Lipinski definition) is 6. The molecule has 17 heavy (non-hydrogen) atoms. The zero-order chi connectivity index (χ0) is 12.3. The lowest BCUT2D eigenvalue weighted by Crippen LogP contribution is -1.95. The Bertz CT molecular complexity index is 547. The molecule has 2 aromatic rings. The van der Waals surface area contributed by atoms with Crippen LogP contribution in [0.4, 0.5) is 5.69 Å². The molecule has 0 fully saturated rings. The van der Waals surface area contributed by atoms with E-state index in [2.05, 4.69) is 15.0 Å². The Morgan fingerprint density at radius 3 is 2.59 bits per heavy atom. The Morgan fingerprint density at radius 2 is 2.00 bits per heavy atom. The van der Waals surface area contributed by atoms with Crippen LogP contribution in [0.15, 0.2) is 40.8 Å². The van der Waals surface area contributed by atoms with Crippen molar-refractivity contribution in [3.05, 3.63) is 46.4 Å². The minimum absolute atomic E-state index is 0.0170. The van der Waals surface area contributed by atoms with E-state index in [9.17, 15) is 10.1 Å². The first kappa shape index (κ1) is 11.5. The highest BCUT2D eigenvalue weighted by Crippen LogP contribution is 2.25. The molecule has 0 atom stereocenters. The van der Waals surface area contributed by atoms with Gasteiger partial charge in [0, 0.05) is 18.5 Å². The number of nitrogens with zero attached hydrogens (tertiary/aromatic N) is 4. The van der Waals surface area contributed by atoms with Crippen molar-refractivity contribution in [3.63, 3.8) is 0 Å². The van der Waals surface area contributed by atoms with Gasteiger partial charge in [0.25, 0.3) is 5.69 Å². The van der Waals surface area contributed by atoms with Crippen molar-refractivity contribution in [3.8, 4) is 0 Å². The zero-order valence-electron chi connectivity index (χ0n) is 8.90. The first-order chi connectivity index (χ1) is 8.16. The molecule has 0 aliphatic carbocycles. The molecule has 0 aliphatic rings. The molecule has 0 N–H and O–H groups in total. The van der Waals surface area contributed by atoms with Crippen molar-refractivity contribution >= 4 is 17.4 Å². The molecule has 2 aromatic heterocycles. The quantitative estimate of drug-likeness (QED) is 0.470. The van der Waals surface area contributed by atoms with Gasteiger partial charge < -0.3 is 0 Å². The molecule has 86 valence electrons. The van der Waals surface area contributed by atoms with E-state index >= 15 is 0 Å². The lowest BCUT2D eigenvalue weighted by Gasteiger charge is -2.00. The number of aromatic nitrogens is 3. The summed E-state index contributed by atoms with van der Waals surface area (Å²) in [7, 11) is 0. The fourth-order valence-electron chi connectivity index (χ4n) is 1.21. The van der Waals surface area contributed by atoms with Gasteiger partial charge in [0.1, 0.15) is 10.7 Å². The van der Waals surface area contributed by atoms with E-state index in [1.54, 1.807) is 31.5 Å². The number of pyridine rings is 1. The van der Waals surface area contributed by atoms with E-state index in [0.29, 0.717) is 15.9 Å². The standard InChI is InChI=1S/C10H8N4O2S/c1-7-8(14(15)16)3-4-9(13-7)17-10-11-5-2-6-12-10/h2-6H,1H3. The fourth-order valence-corrected chi connectivity index (χ4v) is 1.94. The van der Waals surface area contributed by atoms with Crippen LogP contribution < -0.4 is 0 Å². The maximum Gasteiger partial charge on any atom is 0.290 e. The Labute approximate surface area is 101 Å². The highest BCUT2D eigenvalue weighted by atomic mass is 32.2. The van der Waals surface area contributed by atoms with Crippen LogP contribution in [0.1, 0.15) is 5.69 Å². The minimum atomic E-state index is -0.449. The summed E-state index contributed by atoms with van der Waals surface area (Å²) in [6.07, 6.45) is 3.27. The lowest BCUT2D eigenvalue weighted by molar-refractivity contribution is -0.385. The number of nitro groups is 1. The average Bonchev–Trinajstić information content (AvgIpc) is 2.30. The van der Waals surface area contributed by atoms with E-state index in [1.807, 2.05) is 0 Å². The Hall–Kier alpha value is -2.02. The van der Waals surface area contributed by atoms with Gasteiger partial charge >= 0.3 is 0 Å². The largest absolute Gasteiger partial charge is 0.290 e. The molecule has 0 radical (unpaired) electrons. The second-order valence-corrected chi connectivity index (χ2v) is 4.13. The lowest BCUT2D eigenvalue weighted by atomic mass is 10.3. The summed E-state index contributed by atoms with van der Waals surface area (Å²) in [6.45, 7) is 1.61. The van der Waals surface area contributed by atoms with Crippen LogP contribution in [0.25, 0.3) is 0 Å². The maximum absolute atomic E-state index is 10.6. The van der Waals surface area contributed by atoms with E-state index in [-0.39, 0.29) is 5.69 Å². The molecule has 2 rings (SSSR count). The van der Waals surface area contributed by atoms with Crippen LogP contribution in [0.5, 0.6) is 0 Å². The van der Waals surface area contributed by atoms with E-state index in [0.717, 1.165) is 0 Å². The highest BCUT2D eigenvalue weighted by Gasteiger charge is 2.12. The van der Waals surface area contributed by atoms with Crippen molar-refractivity contribution < 1.29 is 4.92 Å². The van der Waals surface area contributed by atoms with Crippen LogP contribution >= 0.6 is 11.8 Å². The molecule has 7 heteroatoms. The van der Waals surface area contributed by atoms with Gasteiger partial charge in [-0.2, -0.15) is 0 Å². The third kappa shape index (κ3) is 2.76. The Kier molecular flexibility index (Phi) is 3.29. The van der Waals surface area contributed by atoms with Crippen LogP contribution in [-0.4, -0.2) is 19.9 Å². The topological polar surface area (TPSA) is 81.8 Å². The molecular weight excluding hydrogens is 240 g/mol. The van der Waals surface area contributed by atoms with E-state index < -0.39 is 4.92 Å². The number of aryl methyl sites for hydroxylation is 1. The van der Waals surface area contributed by atoms with Gasteiger partial charge in [-0.15, -0.1) is 0 Å². The molecule has 0 saturated carbocycles. The van der Waals surface area contributed by atoms with Gasteiger partial charge in [0.05, 0.1) is 4.92 Å². The molecule has 0 bridgehead atoms. The van der Waals surface area contributed by atoms with Gasteiger partial charge in [-0.1, -0.05) is 0 Å². The van der Waals surface area contributed by atoms with Crippen molar-refractivity contribution in [2.24, 2.45) is 0 Å². The molecule has 2 heterocycles. The molecule has 0 saturated heterocycles. The summed E-state index contributed by atoms with van der Waals surface area (Å²) >= 11 is 1.27. The molecule has 0 aromatic carbocycles. The van der Waals surface area contributed by atoms with Gasteiger partial charge in [0.2, 0.25) is 0 Å². The normalized spacial score (nSPS) is 10.2. The molecule has 0 amide bonds. The Balaban J connectivity index is 2.24.